The van der Waals surface area contributed by atoms with Crippen LogP contribution in [-0.4, -0.2) is 24.2 Å². The van der Waals surface area contributed by atoms with Gasteiger partial charge in [0, 0.05) is 18.8 Å². The maximum Gasteiger partial charge on any atom is 0.246 e. The second kappa shape index (κ2) is 5.96. The van der Waals surface area contributed by atoms with Gasteiger partial charge in [0.2, 0.25) is 10.0 Å². The third kappa shape index (κ3) is 3.58. The molecule has 0 saturated heterocycles. The van der Waals surface area contributed by atoms with Crippen molar-refractivity contribution in [2.45, 2.75) is 70.4 Å². The van der Waals surface area contributed by atoms with Crippen molar-refractivity contribution in [2.24, 2.45) is 5.41 Å². The second-order valence-electron chi connectivity index (χ2n) is 6.55. The van der Waals surface area contributed by atoms with Crippen molar-refractivity contribution in [3.63, 3.8) is 0 Å². The van der Waals surface area contributed by atoms with Crippen LogP contribution in [0, 0.1) is 5.41 Å². The molecule has 0 spiro atoms. The molecule has 0 radical (unpaired) electrons. The molecule has 1 atom stereocenters. The lowest BCUT2D eigenvalue weighted by atomic mass is 9.74. The average molecular weight is 314 g/mol. The highest BCUT2D eigenvalue weighted by atomic mass is 32.2. The minimum atomic E-state index is -3.62. The van der Waals surface area contributed by atoms with Crippen molar-refractivity contribution >= 4 is 15.8 Å². The Balaban J connectivity index is 2.22. The molecule has 1 aromatic heterocycles. The number of aromatic nitrogens is 2. The van der Waals surface area contributed by atoms with Crippen LogP contribution in [0.5, 0.6) is 0 Å². The highest BCUT2D eigenvalue weighted by Gasteiger charge is 2.36. The van der Waals surface area contributed by atoms with Gasteiger partial charge < -0.3 is 5.73 Å². The molecule has 2 rings (SSSR count). The highest BCUT2D eigenvalue weighted by molar-refractivity contribution is 7.89. The Morgan fingerprint density at radius 3 is 2.81 bits per heavy atom. The lowest BCUT2D eigenvalue weighted by Gasteiger charge is -2.38. The number of nitrogen functional groups attached to an aromatic ring is 1. The average Bonchev–Trinajstić information content (AvgIpc) is 2.74. The van der Waals surface area contributed by atoms with E-state index in [0.717, 1.165) is 32.1 Å². The Morgan fingerprint density at radius 2 is 2.19 bits per heavy atom. The van der Waals surface area contributed by atoms with E-state index >= 15 is 0 Å². The summed E-state index contributed by atoms with van der Waals surface area (Å²) in [6, 6.07) is -0.0508. The Morgan fingerprint density at radius 1 is 1.48 bits per heavy atom. The van der Waals surface area contributed by atoms with E-state index in [9.17, 15) is 8.42 Å². The van der Waals surface area contributed by atoms with E-state index in [1.54, 1.807) is 4.68 Å². The van der Waals surface area contributed by atoms with Gasteiger partial charge in [0.05, 0.1) is 0 Å². The molecule has 1 fully saturated rings. The number of aryl methyl sites for hydroxylation is 1. The number of nitrogens with zero attached hydrogens (tertiary/aromatic N) is 2. The van der Waals surface area contributed by atoms with E-state index in [2.05, 4.69) is 23.7 Å². The molecule has 1 unspecified atom stereocenters. The van der Waals surface area contributed by atoms with Gasteiger partial charge in [-0.05, 0) is 24.7 Å². The fraction of sp³-hybridized carbons (Fsp3) is 0.786. The van der Waals surface area contributed by atoms with E-state index < -0.39 is 10.0 Å². The first-order chi connectivity index (χ1) is 9.76. The maximum absolute atomic E-state index is 12.6. The lowest BCUT2D eigenvalue weighted by Crippen LogP contribution is -2.46. The Kier molecular flexibility index (Phi) is 4.63. The van der Waals surface area contributed by atoms with Crippen LogP contribution in [-0.2, 0) is 16.6 Å². The lowest BCUT2D eigenvalue weighted by molar-refractivity contribution is 0.188. The molecule has 0 aliphatic heterocycles. The van der Waals surface area contributed by atoms with Crippen LogP contribution in [0.1, 0.15) is 52.9 Å². The number of hydrogen-bond donors (Lipinski definition) is 2. The van der Waals surface area contributed by atoms with E-state index in [-0.39, 0.29) is 22.2 Å². The summed E-state index contributed by atoms with van der Waals surface area (Å²) in [4.78, 5) is 0.0947. The van der Waals surface area contributed by atoms with Crippen molar-refractivity contribution in [2.75, 3.05) is 5.73 Å². The summed E-state index contributed by atoms with van der Waals surface area (Å²) in [7, 11) is -3.62. The van der Waals surface area contributed by atoms with Crippen LogP contribution in [0.3, 0.4) is 0 Å². The number of hydrogen-bond acceptors (Lipinski definition) is 4. The molecule has 3 N–H and O–H groups in total. The van der Waals surface area contributed by atoms with Crippen molar-refractivity contribution in [3.8, 4) is 0 Å². The fourth-order valence-corrected chi connectivity index (χ4v) is 4.45. The summed E-state index contributed by atoms with van der Waals surface area (Å²) in [5.74, 6) is 0.0737. The highest BCUT2D eigenvalue weighted by Crippen LogP contribution is 2.36. The Bertz CT molecular complexity index is 592. The summed E-state index contributed by atoms with van der Waals surface area (Å²) >= 11 is 0. The van der Waals surface area contributed by atoms with Crippen molar-refractivity contribution in [1.82, 2.24) is 14.5 Å². The molecule has 6 nitrogen and oxygen atoms in total. The molecular formula is C14H26N4O2S. The molecule has 7 heteroatoms. The summed E-state index contributed by atoms with van der Waals surface area (Å²) in [6.07, 6.45) is 6.52. The van der Waals surface area contributed by atoms with E-state index in [1.165, 1.54) is 6.20 Å². The van der Waals surface area contributed by atoms with Crippen LogP contribution < -0.4 is 10.5 Å². The Labute approximate surface area is 127 Å². The third-order valence-corrected chi connectivity index (χ3v) is 5.79. The van der Waals surface area contributed by atoms with E-state index in [0.29, 0.717) is 6.54 Å². The molecule has 1 heterocycles. The number of sulfonamides is 1. The molecule has 0 bridgehead atoms. The number of anilines is 1. The minimum Gasteiger partial charge on any atom is -0.381 e. The molecule has 1 saturated carbocycles. The van der Waals surface area contributed by atoms with Crippen LogP contribution in [0.2, 0.25) is 0 Å². The van der Waals surface area contributed by atoms with Gasteiger partial charge in [0.1, 0.15) is 4.90 Å². The van der Waals surface area contributed by atoms with Gasteiger partial charge in [-0.3, -0.25) is 4.68 Å². The zero-order chi connectivity index (χ0) is 15.7. The molecule has 1 aliphatic carbocycles. The number of nitrogens with two attached hydrogens (primary N) is 1. The van der Waals surface area contributed by atoms with Gasteiger partial charge in [-0.1, -0.05) is 33.6 Å². The summed E-state index contributed by atoms with van der Waals surface area (Å²) in [5.41, 5.74) is 5.75. The molecule has 0 aromatic carbocycles. The van der Waals surface area contributed by atoms with Crippen LogP contribution in [0.4, 0.5) is 5.82 Å². The molecule has 21 heavy (non-hydrogen) atoms. The smallest absolute Gasteiger partial charge is 0.246 e. The van der Waals surface area contributed by atoms with Gasteiger partial charge in [0.15, 0.2) is 5.82 Å². The monoisotopic (exact) mass is 314 g/mol. The zero-order valence-electron chi connectivity index (χ0n) is 13.1. The molecule has 0 amide bonds. The SMILES string of the molecule is CCCn1cc(S(=O)(=O)NC2CCCCC2(C)C)c(N)n1. The van der Waals surface area contributed by atoms with Gasteiger partial charge in [0.25, 0.3) is 0 Å². The van der Waals surface area contributed by atoms with E-state index in [4.69, 9.17) is 5.73 Å². The molecule has 120 valence electrons. The van der Waals surface area contributed by atoms with Crippen LogP contribution >= 0.6 is 0 Å². The van der Waals surface area contributed by atoms with Gasteiger partial charge in [-0.25, -0.2) is 13.1 Å². The molecule has 1 aromatic rings. The number of rotatable bonds is 5. The Hall–Kier alpha value is -1.08. The second-order valence-corrected chi connectivity index (χ2v) is 8.23. The third-order valence-electron chi connectivity index (χ3n) is 4.30. The molecular weight excluding hydrogens is 288 g/mol. The standard InChI is InChI=1S/C14H26N4O2S/c1-4-9-18-10-11(13(15)16-18)21(19,20)17-12-7-5-6-8-14(12,2)3/h10,12,17H,4-9H2,1-3H3,(H2,15,16). The predicted octanol–water partition coefficient (Wildman–Crippen LogP) is 2.12. The number of nitrogens with one attached hydrogen (secondary N) is 1. The minimum absolute atomic E-state index is 0.0283. The van der Waals surface area contributed by atoms with Crippen molar-refractivity contribution < 1.29 is 8.42 Å². The van der Waals surface area contributed by atoms with Crippen LogP contribution in [0.25, 0.3) is 0 Å². The van der Waals surface area contributed by atoms with Crippen molar-refractivity contribution in [1.29, 1.82) is 0 Å². The first kappa shape index (κ1) is 16.3. The first-order valence-corrected chi connectivity index (χ1v) is 9.10. The van der Waals surface area contributed by atoms with Gasteiger partial charge in [-0.15, -0.1) is 0 Å². The van der Waals surface area contributed by atoms with Gasteiger partial charge in [-0.2, -0.15) is 5.10 Å². The summed E-state index contributed by atoms with van der Waals surface area (Å²) < 4.78 is 29.6. The zero-order valence-corrected chi connectivity index (χ0v) is 13.9. The van der Waals surface area contributed by atoms with E-state index in [1.807, 2.05) is 6.92 Å². The predicted molar refractivity (Wildman–Crippen MR) is 83.3 cm³/mol. The normalized spacial score (nSPS) is 22.3. The first-order valence-electron chi connectivity index (χ1n) is 7.61. The maximum atomic E-state index is 12.6. The topological polar surface area (TPSA) is 90.0 Å². The van der Waals surface area contributed by atoms with Gasteiger partial charge >= 0.3 is 0 Å². The van der Waals surface area contributed by atoms with Crippen molar-refractivity contribution in [3.05, 3.63) is 6.20 Å². The summed E-state index contributed by atoms with van der Waals surface area (Å²) in [6.45, 7) is 6.90. The fourth-order valence-electron chi connectivity index (χ4n) is 2.93. The molecule has 1 aliphatic rings. The van der Waals surface area contributed by atoms with Crippen LogP contribution in [0.15, 0.2) is 11.1 Å². The quantitative estimate of drug-likeness (QED) is 0.871. The summed E-state index contributed by atoms with van der Waals surface area (Å²) in [5, 5.41) is 4.07. The largest absolute Gasteiger partial charge is 0.381 e.